The molecule has 0 aromatic carbocycles. The van der Waals surface area contributed by atoms with Gasteiger partial charge in [0.25, 0.3) is 0 Å². The van der Waals surface area contributed by atoms with Gasteiger partial charge in [0, 0.05) is 17.2 Å². The average Bonchev–Trinajstić information content (AvgIpc) is 2.25. The molecule has 0 atom stereocenters. The zero-order chi connectivity index (χ0) is 14.9. The van der Waals surface area contributed by atoms with E-state index in [0.29, 0.717) is 5.82 Å². The van der Waals surface area contributed by atoms with Gasteiger partial charge in [0.05, 0.1) is 0 Å². The maximum atomic E-state index is 5.88. The first kappa shape index (κ1) is 14.8. The van der Waals surface area contributed by atoms with Gasteiger partial charge in [-0.2, -0.15) is 0 Å². The zero-order valence-corrected chi connectivity index (χ0v) is 13.4. The molecule has 0 amide bonds. The van der Waals surface area contributed by atoms with Gasteiger partial charge in [-0.15, -0.1) is 0 Å². The Hall–Kier alpha value is -1.62. The summed E-state index contributed by atoms with van der Waals surface area (Å²) in [5.74, 6) is 1.25. The van der Waals surface area contributed by atoms with E-state index in [4.69, 9.17) is 5.73 Å². The van der Waals surface area contributed by atoms with Crippen molar-refractivity contribution in [3.05, 3.63) is 35.3 Å². The Labute approximate surface area is 124 Å². The van der Waals surface area contributed by atoms with Gasteiger partial charge in [-0.25, -0.2) is 15.0 Å². The van der Waals surface area contributed by atoms with E-state index in [2.05, 4.69) is 48.7 Å². The van der Waals surface area contributed by atoms with Crippen molar-refractivity contribution in [3.8, 4) is 0 Å². The van der Waals surface area contributed by atoms with Crippen LogP contribution in [0.3, 0.4) is 0 Å². The molecule has 0 aliphatic rings. The molecule has 106 valence electrons. The van der Waals surface area contributed by atoms with E-state index in [-0.39, 0.29) is 5.41 Å². The number of aromatic nitrogens is 3. The average molecular weight is 288 g/mol. The number of hydrogen-bond donors (Lipinski definition) is 1. The molecule has 2 aromatic rings. The van der Waals surface area contributed by atoms with Crippen molar-refractivity contribution in [1.29, 1.82) is 0 Å². The molecule has 20 heavy (non-hydrogen) atoms. The Balaban J connectivity index is 2.36. The van der Waals surface area contributed by atoms with Crippen LogP contribution in [-0.2, 0) is 5.41 Å². The fourth-order valence-corrected chi connectivity index (χ4v) is 2.75. The number of aryl methyl sites for hydroxylation is 2. The molecule has 2 rings (SSSR count). The van der Waals surface area contributed by atoms with Crippen molar-refractivity contribution in [1.82, 2.24) is 15.0 Å². The fraction of sp³-hybridized carbons (Fsp3) is 0.400. The molecule has 0 aliphatic carbocycles. The number of nitrogens with zero attached hydrogens (tertiary/aromatic N) is 3. The first-order chi connectivity index (χ1) is 9.24. The van der Waals surface area contributed by atoms with Crippen LogP contribution in [0.15, 0.2) is 28.3 Å². The lowest BCUT2D eigenvalue weighted by Gasteiger charge is -2.17. The molecule has 0 saturated heterocycles. The Morgan fingerprint density at radius 3 is 2.20 bits per heavy atom. The Morgan fingerprint density at radius 1 is 0.950 bits per heavy atom. The maximum Gasteiger partial charge on any atom is 0.137 e. The van der Waals surface area contributed by atoms with E-state index in [1.165, 1.54) is 17.3 Å². The third-order valence-corrected chi connectivity index (χ3v) is 3.51. The molecule has 0 unspecified atom stereocenters. The van der Waals surface area contributed by atoms with Gasteiger partial charge in [0.15, 0.2) is 0 Å². The van der Waals surface area contributed by atoms with Crippen LogP contribution in [0.5, 0.6) is 0 Å². The van der Waals surface area contributed by atoms with Crippen LogP contribution in [0.1, 0.15) is 37.9 Å². The minimum Gasteiger partial charge on any atom is -0.384 e. The topological polar surface area (TPSA) is 64.7 Å². The van der Waals surface area contributed by atoms with Crippen LogP contribution in [-0.4, -0.2) is 15.0 Å². The summed E-state index contributed by atoms with van der Waals surface area (Å²) in [5.41, 5.74) is 7.96. The van der Waals surface area contributed by atoms with Crippen molar-refractivity contribution >= 4 is 17.6 Å². The number of nitrogens with two attached hydrogens (primary N) is 1. The van der Waals surface area contributed by atoms with E-state index in [1.54, 1.807) is 6.07 Å². The van der Waals surface area contributed by atoms with E-state index in [0.717, 1.165) is 21.6 Å². The Morgan fingerprint density at radius 2 is 1.60 bits per heavy atom. The molecule has 2 N–H and O–H groups in total. The Kier molecular flexibility index (Phi) is 3.99. The summed E-state index contributed by atoms with van der Waals surface area (Å²) >= 11 is 1.52. The van der Waals surface area contributed by atoms with E-state index >= 15 is 0 Å². The van der Waals surface area contributed by atoms with Gasteiger partial charge in [-0.3, -0.25) is 0 Å². The minimum absolute atomic E-state index is 0.124. The third kappa shape index (κ3) is 3.70. The predicted octanol–water partition coefficient (Wildman–Crippen LogP) is 3.52. The lowest BCUT2D eigenvalue weighted by Crippen LogP contribution is -2.17. The highest BCUT2D eigenvalue weighted by atomic mass is 32.2. The molecule has 0 saturated carbocycles. The summed E-state index contributed by atoms with van der Waals surface area (Å²) in [4.78, 5) is 13.4. The van der Waals surface area contributed by atoms with Crippen molar-refractivity contribution in [2.75, 3.05) is 5.73 Å². The van der Waals surface area contributed by atoms with Gasteiger partial charge in [-0.1, -0.05) is 20.8 Å². The second kappa shape index (κ2) is 5.40. The summed E-state index contributed by atoms with van der Waals surface area (Å²) in [5, 5.41) is 1.76. The fourth-order valence-electron chi connectivity index (χ4n) is 1.79. The van der Waals surface area contributed by atoms with Gasteiger partial charge >= 0.3 is 0 Å². The van der Waals surface area contributed by atoms with Gasteiger partial charge in [0.2, 0.25) is 0 Å². The first-order valence-corrected chi connectivity index (χ1v) is 7.34. The smallest absolute Gasteiger partial charge is 0.137 e. The molecular weight excluding hydrogens is 268 g/mol. The SMILES string of the molecule is Cc1cc(C)nc(Sc2cc(N)nc(C(C)(C)C)n2)c1. The molecule has 0 radical (unpaired) electrons. The quantitative estimate of drug-likeness (QED) is 0.857. The van der Waals surface area contributed by atoms with Crippen LogP contribution in [0.2, 0.25) is 0 Å². The van der Waals surface area contributed by atoms with Crippen molar-refractivity contribution in [2.24, 2.45) is 0 Å². The van der Waals surface area contributed by atoms with Crippen molar-refractivity contribution in [2.45, 2.75) is 50.1 Å². The zero-order valence-electron chi connectivity index (χ0n) is 12.6. The second-order valence-corrected chi connectivity index (χ2v) is 6.97. The normalized spacial score (nSPS) is 11.7. The molecule has 4 nitrogen and oxygen atoms in total. The van der Waals surface area contributed by atoms with Crippen LogP contribution >= 0.6 is 11.8 Å². The number of rotatable bonds is 2. The lowest BCUT2D eigenvalue weighted by atomic mass is 9.96. The minimum atomic E-state index is -0.124. The molecule has 5 heteroatoms. The Bertz CT molecular complexity index is 612. The monoisotopic (exact) mass is 288 g/mol. The first-order valence-electron chi connectivity index (χ1n) is 6.52. The summed E-state index contributed by atoms with van der Waals surface area (Å²) in [6, 6.07) is 5.89. The van der Waals surface area contributed by atoms with E-state index in [1.807, 2.05) is 13.0 Å². The number of hydrogen-bond acceptors (Lipinski definition) is 5. The van der Waals surface area contributed by atoms with E-state index in [9.17, 15) is 0 Å². The van der Waals surface area contributed by atoms with Crippen molar-refractivity contribution < 1.29 is 0 Å². The molecular formula is C15H20N4S. The molecule has 2 heterocycles. The summed E-state index contributed by atoms with van der Waals surface area (Å²) in [7, 11) is 0. The maximum absolute atomic E-state index is 5.88. The molecule has 0 aliphatic heterocycles. The molecule has 0 spiro atoms. The number of pyridine rings is 1. The molecule has 0 bridgehead atoms. The highest BCUT2D eigenvalue weighted by Crippen LogP contribution is 2.28. The summed E-state index contributed by atoms with van der Waals surface area (Å²) < 4.78 is 0. The largest absolute Gasteiger partial charge is 0.384 e. The number of anilines is 1. The van der Waals surface area contributed by atoms with Crippen LogP contribution in [0.25, 0.3) is 0 Å². The molecule has 2 aromatic heterocycles. The standard InChI is InChI=1S/C15H20N4S/c1-9-6-10(2)17-12(7-9)20-13-8-11(16)18-14(19-13)15(3,4)5/h6-8H,1-5H3,(H2,16,18,19). The van der Waals surface area contributed by atoms with Crippen LogP contribution in [0.4, 0.5) is 5.82 Å². The van der Waals surface area contributed by atoms with E-state index < -0.39 is 0 Å². The highest BCUT2D eigenvalue weighted by Gasteiger charge is 2.19. The number of nitrogen functional groups attached to an aromatic ring is 1. The lowest BCUT2D eigenvalue weighted by molar-refractivity contribution is 0.539. The van der Waals surface area contributed by atoms with Crippen molar-refractivity contribution in [3.63, 3.8) is 0 Å². The highest BCUT2D eigenvalue weighted by molar-refractivity contribution is 7.99. The third-order valence-electron chi connectivity index (χ3n) is 2.68. The summed E-state index contributed by atoms with van der Waals surface area (Å²) in [6.45, 7) is 10.3. The van der Waals surface area contributed by atoms with Gasteiger partial charge in [0.1, 0.15) is 21.7 Å². The second-order valence-electron chi connectivity index (χ2n) is 5.93. The molecule has 0 fully saturated rings. The summed E-state index contributed by atoms with van der Waals surface area (Å²) in [6.07, 6.45) is 0. The van der Waals surface area contributed by atoms with Crippen LogP contribution < -0.4 is 5.73 Å². The van der Waals surface area contributed by atoms with Crippen LogP contribution in [0, 0.1) is 13.8 Å². The predicted molar refractivity (Wildman–Crippen MR) is 83.0 cm³/mol. The van der Waals surface area contributed by atoms with Gasteiger partial charge in [-0.05, 0) is 43.3 Å². The van der Waals surface area contributed by atoms with Gasteiger partial charge < -0.3 is 5.73 Å².